The van der Waals surface area contributed by atoms with Gasteiger partial charge in [-0.15, -0.1) is 0 Å². The van der Waals surface area contributed by atoms with Gasteiger partial charge in [0.2, 0.25) is 5.91 Å². The molecular formula is C14H23NO4. The highest BCUT2D eigenvalue weighted by atomic mass is 16.6. The zero-order valence-corrected chi connectivity index (χ0v) is 11.6. The second kappa shape index (κ2) is 4.72. The van der Waals surface area contributed by atoms with Gasteiger partial charge in [-0.1, -0.05) is 0 Å². The summed E-state index contributed by atoms with van der Waals surface area (Å²) in [5.74, 6) is 0.354. The number of hydrogen-bond donors (Lipinski definition) is 1. The highest BCUT2D eigenvalue weighted by Crippen LogP contribution is 2.41. The largest absolute Gasteiger partial charge is 0.389 e. The van der Waals surface area contributed by atoms with E-state index in [2.05, 4.69) is 0 Å². The third kappa shape index (κ3) is 2.78. The van der Waals surface area contributed by atoms with E-state index < -0.39 is 5.60 Å². The summed E-state index contributed by atoms with van der Waals surface area (Å²) in [4.78, 5) is 14.2. The molecule has 2 heterocycles. The topological polar surface area (TPSA) is 59.0 Å². The highest BCUT2D eigenvalue weighted by molar-refractivity contribution is 5.77. The van der Waals surface area contributed by atoms with Gasteiger partial charge in [0, 0.05) is 19.6 Å². The molecule has 1 saturated carbocycles. The first kappa shape index (κ1) is 13.3. The maximum Gasteiger partial charge on any atom is 0.225 e. The first-order valence-corrected chi connectivity index (χ1v) is 7.23. The fourth-order valence-corrected chi connectivity index (χ4v) is 3.15. The van der Waals surface area contributed by atoms with Gasteiger partial charge in [0.15, 0.2) is 0 Å². The lowest BCUT2D eigenvalue weighted by molar-refractivity contribution is -0.155. The van der Waals surface area contributed by atoms with Crippen LogP contribution in [0.3, 0.4) is 0 Å². The van der Waals surface area contributed by atoms with Crippen LogP contribution in [0.25, 0.3) is 0 Å². The Hall–Kier alpha value is -0.650. The molecule has 5 nitrogen and oxygen atoms in total. The molecule has 1 aliphatic carbocycles. The molecule has 0 radical (unpaired) electrons. The molecule has 1 amide bonds. The summed E-state index contributed by atoms with van der Waals surface area (Å²) in [7, 11) is 0. The predicted molar refractivity (Wildman–Crippen MR) is 68.7 cm³/mol. The fraction of sp³-hybridized carbons (Fsp3) is 0.929. The van der Waals surface area contributed by atoms with Crippen LogP contribution in [0.4, 0.5) is 0 Å². The number of amides is 1. The maximum atomic E-state index is 12.4. The molecule has 19 heavy (non-hydrogen) atoms. The van der Waals surface area contributed by atoms with E-state index in [4.69, 9.17) is 9.47 Å². The van der Waals surface area contributed by atoms with Gasteiger partial charge in [0.1, 0.15) is 5.60 Å². The number of ether oxygens (including phenoxy) is 2. The molecule has 3 aliphatic rings. The molecule has 2 saturated heterocycles. The Morgan fingerprint density at radius 2 is 2.26 bits per heavy atom. The van der Waals surface area contributed by atoms with E-state index in [-0.39, 0.29) is 17.9 Å². The van der Waals surface area contributed by atoms with Crippen molar-refractivity contribution < 1.29 is 19.4 Å². The Labute approximate surface area is 113 Å². The molecule has 0 aromatic heterocycles. The van der Waals surface area contributed by atoms with E-state index in [0.29, 0.717) is 38.8 Å². The first-order chi connectivity index (χ1) is 9.01. The minimum absolute atomic E-state index is 0.0477. The summed E-state index contributed by atoms with van der Waals surface area (Å²) in [6, 6.07) is 0. The number of carbonyl (C=O) groups is 1. The third-order valence-electron chi connectivity index (χ3n) is 4.63. The van der Waals surface area contributed by atoms with Crippen molar-refractivity contribution in [2.24, 2.45) is 5.92 Å². The van der Waals surface area contributed by atoms with Crippen LogP contribution in [0.15, 0.2) is 0 Å². The van der Waals surface area contributed by atoms with Crippen molar-refractivity contribution in [2.75, 3.05) is 32.9 Å². The lowest BCUT2D eigenvalue weighted by Crippen LogP contribution is -2.55. The molecule has 0 aromatic rings. The second-order valence-corrected chi connectivity index (χ2v) is 6.46. The quantitative estimate of drug-likeness (QED) is 0.813. The van der Waals surface area contributed by atoms with Gasteiger partial charge in [-0.3, -0.25) is 4.79 Å². The minimum Gasteiger partial charge on any atom is -0.389 e. The van der Waals surface area contributed by atoms with Gasteiger partial charge in [-0.25, -0.2) is 0 Å². The van der Waals surface area contributed by atoms with E-state index in [9.17, 15) is 9.90 Å². The Morgan fingerprint density at radius 1 is 1.47 bits per heavy atom. The molecular weight excluding hydrogens is 246 g/mol. The van der Waals surface area contributed by atoms with E-state index in [0.717, 1.165) is 19.3 Å². The van der Waals surface area contributed by atoms with Crippen LogP contribution in [0.1, 0.15) is 32.6 Å². The Morgan fingerprint density at radius 3 is 2.89 bits per heavy atom. The molecule has 0 aromatic carbocycles. The van der Waals surface area contributed by atoms with Gasteiger partial charge < -0.3 is 19.5 Å². The summed E-state index contributed by atoms with van der Waals surface area (Å²) >= 11 is 0. The normalized spacial score (nSPS) is 34.5. The van der Waals surface area contributed by atoms with E-state index in [1.165, 1.54) is 0 Å². The first-order valence-electron chi connectivity index (χ1n) is 7.23. The highest BCUT2D eigenvalue weighted by Gasteiger charge is 2.45. The zero-order valence-electron chi connectivity index (χ0n) is 11.6. The second-order valence-electron chi connectivity index (χ2n) is 6.46. The number of aliphatic hydroxyl groups is 1. The standard InChI is InChI=1S/C14H23NO4/c1-13(17,11-2-3-11)8-12(16)15-5-7-19-14(9-15)4-6-18-10-14/h11,17H,2-10H2,1H3/t13-,14-/m0/s1. The molecule has 2 aliphatic heterocycles. The van der Waals surface area contributed by atoms with E-state index in [1.807, 2.05) is 4.90 Å². The van der Waals surface area contributed by atoms with Crippen molar-refractivity contribution >= 4 is 5.91 Å². The van der Waals surface area contributed by atoms with Crippen molar-refractivity contribution in [3.63, 3.8) is 0 Å². The smallest absolute Gasteiger partial charge is 0.225 e. The number of hydrogen-bond acceptors (Lipinski definition) is 4. The van der Waals surface area contributed by atoms with Crippen LogP contribution < -0.4 is 0 Å². The fourth-order valence-electron chi connectivity index (χ4n) is 3.15. The number of rotatable bonds is 3. The summed E-state index contributed by atoms with van der Waals surface area (Å²) in [5.41, 5.74) is -1.13. The molecule has 3 rings (SSSR count). The van der Waals surface area contributed by atoms with Crippen LogP contribution >= 0.6 is 0 Å². The van der Waals surface area contributed by atoms with Gasteiger partial charge in [0.25, 0.3) is 0 Å². The Balaban J connectivity index is 1.60. The molecule has 0 bridgehead atoms. The Kier molecular flexibility index (Phi) is 3.31. The van der Waals surface area contributed by atoms with Gasteiger partial charge >= 0.3 is 0 Å². The van der Waals surface area contributed by atoms with Crippen LogP contribution in [-0.2, 0) is 14.3 Å². The molecule has 1 spiro atoms. The average Bonchev–Trinajstić information content (AvgIpc) is 3.14. The van der Waals surface area contributed by atoms with Crippen LogP contribution in [0, 0.1) is 5.92 Å². The zero-order chi connectivity index (χ0) is 13.5. The van der Waals surface area contributed by atoms with Crippen molar-refractivity contribution in [1.29, 1.82) is 0 Å². The molecule has 5 heteroatoms. The SMILES string of the molecule is C[C@](O)(CC(=O)N1CCO[C@@]2(CCOC2)C1)C1CC1. The summed E-state index contributed by atoms with van der Waals surface area (Å²) < 4.78 is 11.2. The van der Waals surface area contributed by atoms with E-state index >= 15 is 0 Å². The van der Waals surface area contributed by atoms with Crippen LogP contribution in [0.5, 0.6) is 0 Å². The van der Waals surface area contributed by atoms with Gasteiger partial charge in [-0.05, 0) is 25.7 Å². The maximum absolute atomic E-state index is 12.4. The van der Waals surface area contributed by atoms with Crippen LogP contribution in [0.2, 0.25) is 0 Å². The molecule has 108 valence electrons. The monoisotopic (exact) mass is 269 g/mol. The molecule has 1 N–H and O–H groups in total. The lowest BCUT2D eigenvalue weighted by Gasteiger charge is -2.40. The summed E-state index contributed by atoms with van der Waals surface area (Å²) in [5, 5.41) is 10.3. The molecule has 0 unspecified atom stereocenters. The number of morpholine rings is 1. The Bertz CT molecular complexity index is 358. The van der Waals surface area contributed by atoms with Crippen molar-refractivity contribution in [2.45, 2.75) is 43.8 Å². The minimum atomic E-state index is -0.839. The molecule has 3 fully saturated rings. The van der Waals surface area contributed by atoms with Crippen molar-refractivity contribution in [1.82, 2.24) is 4.90 Å². The van der Waals surface area contributed by atoms with E-state index in [1.54, 1.807) is 6.92 Å². The summed E-state index contributed by atoms with van der Waals surface area (Å²) in [6.07, 6.45) is 3.17. The van der Waals surface area contributed by atoms with Crippen molar-refractivity contribution in [3.8, 4) is 0 Å². The average molecular weight is 269 g/mol. The van der Waals surface area contributed by atoms with Gasteiger partial charge in [0.05, 0.1) is 31.8 Å². The van der Waals surface area contributed by atoms with Gasteiger partial charge in [-0.2, -0.15) is 0 Å². The molecule has 2 atom stereocenters. The number of nitrogens with zero attached hydrogens (tertiary/aromatic N) is 1. The summed E-state index contributed by atoms with van der Waals surface area (Å²) in [6.45, 7) is 4.88. The van der Waals surface area contributed by atoms with Crippen molar-refractivity contribution in [3.05, 3.63) is 0 Å². The van der Waals surface area contributed by atoms with Crippen LogP contribution in [-0.4, -0.2) is 60.0 Å². The third-order valence-corrected chi connectivity index (χ3v) is 4.63. The number of carbonyl (C=O) groups excluding carboxylic acids is 1. The lowest BCUT2D eigenvalue weighted by atomic mass is 9.94. The predicted octanol–water partition coefficient (Wildman–Crippen LogP) is 0.555.